The molecule has 6 heteroatoms. The number of ether oxygens (including phenoxy) is 1. The molecule has 1 aliphatic heterocycles. The number of nitriles is 1. The molecule has 5 nitrogen and oxygen atoms in total. The Balaban J connectivity index is 1.82. The summed E-state index contributed by atoms with van der Waals surface area (Å²) in [5.41, 5.74) is 10.5. The Labute approximate surface area is 188 Å². The van der Waals surface area contributed by atoms with E-state index >= 15 is 0 Å². The zero-order valence-corrected chi connectivity index (χ0v) is 18.3. The van der Waals surface area contributed by atoms with Crippen molar-refractivity contribution in [1.29, 1.82) is 5.26 Å². The van der Waals surface area contributed by atoms with Crippen molar-refractivity contribution in [3.05, 3.63) is 97.9 Å². The zero-order valence-electron chi connectivity index (χ0n) is 16.1. The van der Waals surface area contributed by atoms with E-state index in [0.717, 1.165) is 25.9 Å². The summed E-state index contributed by atoms with van der Waals surface area (Å²) in [6, 6.07) is 21.2. The van der Waals surface area contributed by atoms with Gasteiger partial charge in [0.1, 0.15) is 23.1 Å². The highest BCUT2D eigenvalue weighted by molar-refractivity contribution is 14.1. The Bertz CT molecular complexity index is 1220. The van der Waals surface area contributed by atoms with E-state index < -0.39 is 0 Å². The van der Waals surface area contributed by atoms with Crippen molar-refractivity contribution in [1.82, 2.24) is 0 Å². The molecule has 1 unspecified atom stereocenters. The van der Waals surface area contributed by atoms with Crippen LogP contribution in [0.4, 0.5) is 5.69 Å². The highest BCUT2D eigenvalue weighted by Crippen LogP contribution is 2.44. The van der Waals surface area contributed by atoms with Crippen LogP contribution in [0.2, 0.25) is 0 Å². The van der Waals surface area contributed by atoms with Crippen molar-refractivity contribution < 1.29 is 9.84 Å². The molecule has 30 heavy (non-hydrogen) atoms. The van der Waals surface area contributed by atoms with Gasteiger partial charge in [-0.15, -0.1) is 0 Å². The second kappa shape index (κ2) is 8.20. The fourth-order valence-corrected chi connectivity index (χ4v) is 3.99. The number of aliphatic imine (C=N–C) groups is 1. The fraction of sp³-hybridized carbons (Fsp3) is 0.0833. The molecule has 0 radical (unpaired) electrons. The van der Waals surface area contributed by atoms with E-state index in [9.17, 15) is 10.4 Å². The molecule has 0 fully saturated rings. The normalized spacial score (nSPS) is 15.6. The van der Waals surface area contributed by atoms with Gasteiger partial charge in [-0.05, 0) is 65.4 Å². The summed E-state index contributed by atoms with van der Waals surface area (Å²) in [4.78, 5) is 4.46. The molecular formula is C24H18IN3O2. The number of phenols is 1. The van der Waals surface area contributed by atoms with Gasteiger partial charge in [-0.1, -0.05) is 29.8 Å². The van der Waals surface area contributed by atoms with Crippen LogP contribution in [-0.2, 0) is 0 Å². The second-order valence-electron chi connectivity index (χ2n) is 7.02. The standard InChI is InChI=1S/C24H18IN3O2/c1-14-5-7-18(8-6-14)28-13-16-10-19-22(11-21(16)29)30-24(27)20(12-26)23(19)15-3-2-4-17(25)9-15/h2-11,13,23,29H,27H2,1H3. The number of fused-ring (bicyclic) bond motifs is 1. The SMILES string of the molecule is Cc1ccc(N=Cc2cc3c(cc2O)OC(N)=C(C#N)C3c2cccc(I)c2)cc1. The Morgan fingerprint density at radius 1 is 1.17 bits per heavy atom. The first-order chi connectivity index (χ1) is 14.5. The van der Waals surface area contributed by atoms with Gasteiger partial charge < -0.3 is 15.6 Å². The van der Waals surface area contributed by atoms with Crippen molar-refractivity contribution >= 4 is 34.5 Å². The van der Waals surface area contributed by atoms with E-state index in [0.29, 0.717) is 16.9 Å². The van der Waals surface area contributed by atoms with Crippen molar-refractivity contribution in [2.75, 3.05) is 0 Å². The van der Waals surface area contributed by atoms with Gasteiger partial charge in [-0.2, -0.15) is 5.26 Å². The van der Waals surface area contributed by atoms with Gasteiger partial charge in [0, 0.05) is 27.0 Å². The predicted octanol–water partition coefficient (Wildman–Crippen LogP) is 5.27. The van der Waals surface area contributed by atoms with Gasteiger partial charge in [-0.25, -0.2) is 0 Å². The van der Waals surface area contributed by atoms with E-state index in [2.05, 4.69) is 33.7 Å². The lowest BCUT2D eigenvalue weighted by Gasteiger charge is -2.27. The van der Waals surface area contributed by atoms with Crippen LogP contribution in [-0.4, -0.2) is 11.3 Å². The van der Waals surface area contributed by atoms with E-state index in [1.165, 1.54) is 6.07 Å². The average molecular weight is 507 g/mol. The molecule has 1 atom stereocenters. The number of aromatic hydroxyl groups is 1. The summed E-state index contributed by atoms with van der Waals surface area (Å²) in [7, 11) is 0. The van der Waals surface area contributed by atoms with Gasteiger partial charge >= 0.3 is 0 Å². The highest BCUT2D eigenvalue weighted by atomic mass is 127. The molecule has 0 aliphatic carbocycles. The molecule has 1 aliphatic rings. The molecule has 1 heterocycles. The fourth-order valence-electron chi connectivity index (χ4n) is 3.42. The third-order valence-corrected chi connectivity index (χ3v) is 5.60. The molecule has 0 bridgehead atoms. The van der Waals surface area contributed by atoms with Crippen LogP contribution in [0.3, 0.4) is 0 Å². The predicted molar refractivity (Wildman–Crippen MR) is 125 cm³/mol. The third kappa shape index (κ3) is 3.89. The number of benzene rings is 3. The van der Waals surface area contributed by atoms with Gasteiger partial charge in [0.25, 0.3) is 0 Å². The maximum absolute atomic E-state index is 10.5. The summed E-state index contributed by atoms with van der Waals surface area (Å²) < 4.78 is 6.71. The zero-order chi connectivity index (χ0) is 21.3. The van der Waals surface area contributed by atoms with Crippen LogP contribution >= 0.6 is 22.6 Å². The third-order valence-electron chi connectivity index (χ3n) is 4.93. The summed E-state index contributed by atoms with van der Waals surface area (Å²) in [6.07, 6.45) is 1.61. The Morgan fingerprint density at radius 2 is 1.93 bits per heavy atom. The smallest absolute Gasteiger partial charge is 0.205 e. The average Bonchev–Trinajstić information content (AvgIpc) is 2.72. The summed E-state index contributed by atoms with van der Waals surface area (Å²) in [6.45, 7) is 2.01. The molecular weight excluding hydrogens is 489 g/mol. The van der Waals surface area contributed by atoms with E-state index in [1.54, 1.807) is 12.3 Å². The number of halogens is 1. The van der Waals surface area contributed by atoms with Crippen molar-refractivity contribution in [2.24, 2.45) is 10.7 Å². The summed E-state index contributed by atoms with van der Waals surface area (Å²) in [5, 5.41) is 20.2. The molecule has 0 amide bonds. The van der Waals surface area contributed by atoms with E-state index in [1.807, 2.05) is 55.5 Å². The minimum absolute atomic E-state index is 0.0270. The lowest BCUT2D eigenvalue weighted by atomic mass is 9.83. The molecule has 148 valence electrons. The summed E-state index contributed by atoms with van der Waals surface area (Å²) >= 11 is 2.24. The topological polar surface area (TPSA) is 91.6 Å². The number of nitrogens with zero attached hydrogens (tertiary/aromatic N) is 2. The van der Waals surface area contributed by atoms with Crippen LogP contribution in [0.15, 0.2) is 77.1 Å². The van der Waals surface area contributed by atoms with Crippen LogP contribution in [0, 0.1) is 21.8 Å². The number of allylic oxidation sites excluding steroid dienone is 1. The minimum Gasteiger partial charge on any atom is -0.507 e. The number of nitrogens with two attached hydrogens (primary N) is 1. The highest BCUT2D eigenvalue weighted by Gasteiger charge is 2.31. The Hall–Kier alpha value is -3.31. The number of phenolic OH excluding ortho intramolecular Hbond substituents is 1. The van der Waals surface area contributed by atoms with Gasteiger partial charge in [-0.3, -0.25) is 4.99 Å². The minimum atomic E-state index is -0.388. The molecule has 0 saturated carbocycles. The lowest BCUT2D eigenvalue weighted by Crippen LogP contribution is -2.21. The monoisotopic (exact) mass is 507 g/mol. The van der Waals surface area contributed by atoms with Gasteiger partial charge in [0.15, 0.2) is 0 Å². The Morgan fingerprint density at radius 3 is 2.63 bits per heavy atom. The Kier molecular flexibility index (Phi) is 5.46. The van der Waals surface area contributed by atoms with Gasteiger partial charge in [0.2, 0.25) is 5.88 Å². The molecule has 4 rings (SSSR count). The largest absolute Gasteiger partial charge is 0.507 e. The number of hydrogen-bond acceptors (Lipinski definition) is 5. The molecule has 0 aromatic heterocycles. The van der Waals surface area contributed by atoms with Gasteiger partial charge in [0.05, 0.1) is 11.6 Å². The van der Waals surface area contributed by atoms with Crippen LogP contribution in [0.25, 0.3) is 0 Å². The molecule has 0 spiro atoms. The number of hydrogen-bond donors (Lipinski definition) is 2. The van der Waals surface area contributed by atoms with Crippen molar-refractivity contribution in [3.63, 3.8) is 0 Å². The molecule has 3 N–H and O–H groups in total. The van der Waals surface area contributed by atoms with Crippen LogP contribution < -0.4 is 10.5 Å². The number of rotatable bonds is 3. The van der Waals surface area contributed by atoms with Crippen molar-refractivity contribution in [2.45, 2.75) is 12.8 Å². The molecule has 3 aromatic rings. The molecule has 0 saturated heterocycles. The second-order valence-corrected chi connectivity index (χ2v) is 8.27. The maximum Gasteiger partial charge on any atom is 0.205 e. The maximum atomic E-state index is 10.5. The van der Waals surface area contributed by atoms with Crippen molar-refractivity contribution in [3.8, 4) is 17.6 Å². The quantitative estimate of drug-likeness (QED) is 0.373. The van der Waals surface area contributed by atoms with Crippen LogP contribution in [0.5, 0.6) is 11.5 Å². The first-order valence-corrected chi connectivity index (χ1v) is 10.3. The first kappa shape index (κ1) is 20.0. The summed E-state index contributed by atoms with van der Waals surface area (Å²) in [5.74, 6) is 0.120. The first-order valence-electron chi connectivity index (χ1n) is 9.27. The van der Waals surface area contributed by atoms with E-state index in [-0.39, 0.29) is 17.6 Å². The lowest BCUT2D eigenvalue weighted by molar-refractivity contribution is 0.388. The van der Waals surface area contributed by atoms with E-state index in [4.69, 9.17) is 10.5 Å². The molecule has 3 aromatic carbocycles. The number of aryl methyl sites for hydroxylation is 1. The van der Waals surface area contributed by atoms with Crippen LogP contribution in [0.1, 0.15) is 28.2 Å².